The predicted octanol–water partition coefficient (Wildman–Crippen LogP) is 7.13. The first-order valence-electron chi connectivity index (χ1n) is 11.7. The molecular formula is C30H22N4O. The Morgan fingerprint density at radius 1 is 0.514 bits per heavy atom. The van der Waals surface area contributed by atoms with Crippen molar-refractivity contribution in [2.24, 2.45) is 0 Å². The summed E-state index contributed by atoms with van der Waals surface area (Å²) in [6.45, 7) is 0.556. The Kier molecular flexibility index (Phi) is 4.29. The average molecular weight is 455 g/mol. The highest BCUT2D eigenvalue weighted by molar-refractivity contribution is 6.09. The number of anilines is 4. The van der Waals surface area contributed by atoms with Gasteiger partial charge in [-0.3, -0.25) is 4.57 Å². The van der Waals surface area contributed by atoms with Gasteiger partial charge in [0.15, 0.2) is 0 Å². The van der Waals surface area contributed by atoms with Gasteiger partial charge in [-0.15, -0.1) is 0 Å². The fourth-order valence-corrected chi connectivity index (χ4v) is 5.17. The van der Waals surface area contributed by atoms with Crippen molar-refractivity contribution >= 4 is 44.7 Å². The van der Waals surface area contributed by atoms with Crippen molar-refractivity contribution in [2.75, 3.05) is 16.5 Å². The lowest BCUT2D eigenvalue weighted by Crippen LogP contribution is -2.24. The number of benzene rings is 4. The second kappa shape index (κ2) is 7.64. The summed E-state index contributed by atoms with van der Waals surface area (Å²) in [5, 5.41) is 13.0. The van der Waals surface area contributed by atoms with Gasteiger partial charge in [0.05, 0.1) is 28.1 Å². The average Bonchev–Trinajstić information content (AvgIpc) is 3.46. The number of hydrogen-bond acceptors (Lipinski definition) is 4. The van der Waals surface area contributed by atoms with E-state index in [1.54, 1.807) is 6.07 Å². The van der Waals surface area contributed by atoms with E-state index in [1.165, 1.54) is 10.8 Å². The normalized spacial score (nSPS) is 13.0. The molecule has 3 heterocycles. The second-order valence-electron chi connectivity index (χ2n) is 8.70. The van der Waals surface area contributed by atoms with Crippen molar-refractivity contribution in [3.63, 3.8) is 0 Å². The van der Waals surface area contributed by atoms with E-state index in [2.05, 4.69) is 87.2 Å². The smallest absolute Gasteiger partial charge is 0.140 e. The van der Waals surface area contributed by atoms with Gasteiger partial charge in [-0.2, -0.15) is 0 Å². The van der Waals surface area contributed by atoms with Crippen LogP contribution in [-0.4, -0.2) is 21.3 Å². The number of fused-ring (bicyclic) bond motifs is 4. The second-order valence-corrected chi connectivity index (χ2v) is 8.70. The van der Waals surface area contributed by atoms with Gasteiger partial charge in [-0.1, -0.05) is 66.7 Å². The summed E-state index contributed by atoms with van der Waals surface area (Å²) in [5.74, 6) is 1.99. The summed E-state index contributed by atoms with van der Waals surface area (Å²) >= 11 is 0. The van der Waals surface area contributed by atoms with Crippen molar-refractivity contribution in [1.29, 1.82) is 0 Å². The molecule has 0 saturated heterocycles. The zero-order valence-electron chi connectivity index (χ0n) is 18.9. The molecule has 5 nitrogen and oxygen atoms in total. The predicted molar refractivity (Wildman–Crippen MR) is 142 cm³/mol. The minimum Gasteiger partial charge on any atom is -0.506 e. The topological polar surface area (TPSA) is 44.5 Å². The molecular weight excluding hydrogens is 432 g/mol. The first-order valence-corrected chi connectivity index (χ1v) is 11.7. The number of para-hydroxylation sites is 6. The number of phenolic OH excluding ortho intramolecular Hbond substituents is 1. The van der Waals surface area contributed by atoms with Crippen molar-refractivity contribution in [2.45, 2.75) is 0 Å². The first kappa shape index (κ1) is 19.7. The minimum atomic E-state index is 0.260. The standard InChI is InChI=1S/C30H22N4O/c35-28-17-8-7-16-27(28)32-20-33(26-15-6-5-14-25(26)32)29-18-9-19-30(31-29)34-23-12-3-1-10-21(23)22-11-2-4-13-24(22)34/h1-19,35H,20H2. The number of aromatic nitrogens is 2. The molecule has 6 aromatic rings. The summed E-state index contributed by atoms with van der Waals surface area (Å²) in [6.07, 6.45) is 0. The third kappa shape index (κ3) is 2.98. The maximum Gasteiger partial charge on any atom is 0.140 e. The molecule has 1 N–H and O–H groups in total. The van der Waals surface area contributed by atoms with Crippen LogP contribution in [0, 0.1) is 0 Å². The molecule has 0 bridgehead atoms. The van der Waals surface area contributed by atoms with Crippen LogP contribution < -0.4 is 9.80 Å². The lowest BCUT2D eigenvalue weighted by molar-refractivity contribution is 0.476. The number of pyridine rings is 1. The number of rotatable bonds is 3. The van der Waals surface area contributed by atoms with E-state index in [9.17, 15) is 5.11 Å². The molecule has 7 rings (SSSR count). The molecule has 0 fully saturated rings. The van der Waals surface area contributed by atoms with E-state index < -0.39 is 0 Å². The van der Waals surface area contributed by atoms with E-state index in [0.717, 1.165) is 39.7 Å². The van der Waals surface area contributed by atoms with Crippen LogP contribution >= 0.6 is 0 Å². The van der Waals surface area contributed by atoms with Gasteiger partial charge < -0.3 is 14.9 Å². The van der Waals surface area contributed by atoms with Gasteiger partial charge in [0.2, 0.25) is 0 Å². The number of aromatic hydroxyl groups is 1. The molecule has 0 amide bonds. The van der Waals surface area contributed by atoms with Crippen molar-refractivity contribution in [3.05, 3.63) is 115 Å². The van der Waals surface area contributed by atoms with E-state index >= 15 is 0 Å². The van der Waals surface area contributed by atoms with Crippen LogP contribution in [0.2, 0.25) is 0 Å². The van der Waals surface area contributed by atoms with Crippen LogP contribution in [0.1, 0.15) is 0 Å². The van der Waals surface area contributed by atoms with Gasteiger partial charge in [0, 0.05) is 10.8 Å². The van der Waals surface area contributed by atoms with Crippen LogP contribution in [0.15, 0.2) is 115 Å². The lowest BCUT2D eigenvalue weighted by Gasteiger charge is -2.22. The van der Waals surface area contributed by atoms with Crippen LogP contribution in [-0.2, 0) is 0 Å². The third-order valence-electron chi connectivity index (χ3n) is 6.72. The van der Waals surface area contributed by atoms with Crippen molar-refractivity contribution in [1.82, 2.24) is 9.55 Å². The Bertz CT molecular complexity index is 1670. The number of nitrogens with zero attached hydrogens (tertiary/aromatic N) is 4. The molecule has 168 valence electrons. The maximum absolute atomic E-state index is 10.5. The quantitative estimate of drug-likeness (QED) is 0.309. The van der Waals surface area contributed by atoms with Gasteiger partial charge in [-0.05, 0) is 48.5 Å². The summed E-state index contributed by atoms with van der Waals surface area (Å²) in [7, 11) is 0. The van der Waals surface area contributed by atoms with Crippen LogP contribution in [0.3, 0.4) is 0 Å². The molecule has 0 radical (unpaired) electrons. The van der Waals surface area contributed by atoms with E-state index in [-0.39, 0.29) is 5.75 Å². The molecule has 1 aliphatic heterocycles. The van der Waals surface area contributed by atoms with Crippen LogP contribution in [0.25, 0.3) is 27.6 Å². The fraction of sp³-hybridized carbons (Fsp3) is 0.0333. The highest BCUT2D eigenvalue weighted by Gasteiger charge is 2.29. The largest absolute Gasteiger partial charge is 0.506 e. The Hall–Kier alpha value is -4.77. The zero-order valence-corrected chi connectivity index (χ0v) is 18.9. The highest BCUT2D eigenvalue weighted by Crippen LogP contribution is 2.45. The molecule has 0 unspecified atom stereocenters. The first-order chi connectivity index (χ1) is 17.3. The van der Waals surface area contributed by atoms with Crippen LogP contribution in [0.5, 0.6) is 5.75 Å². The molecule has 0 saturated carbocycles. The Balaban J connectivity index is 1.38. The molecule has 5 heteroatoms. The molecule has 1 aliphatic rings. The molecule has 0 aliphatic carbocycles. The van der Waals surface area contributed by atoms with Crippen molar-refractivity contribution in [3.8, 4) is 11.6 Å². The SMILES string of the molecule is Oc1ccccc1N1CN(c2cccc(-n3c4ccccc4c4ccccc43)n2)c2ccccc21. The monoisotopic (exact) mass is 454 g/mol. The van der Waals surface area contributed by atoms with Gasteiger partial charge in [0.25, 0.3) is 0 Å². The van der Waals surface area contributed by atoms with Gasteiger partial charge >= 0.3 is 0 Å². The Morgan fingerprint density at radius 2 is 1.06 bits per heavy atom. The number of hydrogen-bond donors (Lipinski definition) is 1. The van der Waals surface area contributed by atoms with E-state index in [0.29, 0.717) is 6.67 Å². The number of phenols is 1. The summed E-state index contributed by atoms with van der Waals surface area (Å²) in [5.41, 5.74) is 5.15. The molecule has 4 aromatic carbocycles. The summed E-state index contributed by atoms with van der Waals surface area (Å²) in [6, 6.07) is 38.8. The third-order valence-corrected chi connectivity index (χ3v) is 6.72. The maximum atomic E-state index is 10.5. The van der Waals surface area contributed by atoms with E-state index in [1.807, 2.05) is 36.4 Å². The minimum absolute atomic E-state index is 0.260. The van der Waals surface area contributed by atoms with Gasteiger partial charge in [0.1, 0.15) is 24.1 Å². The lowest BCUT2D eigenvalue weighted by atomic mass is 10.2. The fourth-order valence-electron chi connectivity index (χ4n) is 5.17. The Labute approximate surface area is 202 Å². The van der Waals surface area contributed by atoms with Crippen LogP contribution in [0.4, 0.5) is 22.9 Å². The highest BCUT2D eigenvalue weighted by atomic mass is 16.3. The summed E-state index contributed by atoms with van der Waals surface area (Å²) < 4.78 is 2.23. The molecule has 0 spiro atoms. The molecule has 0 atom stereocenters. The van der Waals surface area contributed by atoms with E-state index in [4.69, 9.17) is 4.98 Å². The van der Waals surface area contributed by atoms with Gasteiger partial charge in [-0.25, -0.2) is 4.98 Å². The zero-order chi connectivity index (χ0) is 23.4. The molecule has 2 aromatic heterocycles. The summed E-state index contributed by atoms with van der Waals surface area (Å²) in [4.78, 5) is 9.46. The molecule has 35 heavy (non-hydrogen) atoms. The van der Waals surface area contributed by atoms with Crippen molar-refractivity contribution < 1.29 is 5.11 Å². The Morgan fingerprint density at radius 3 is 1.74 bits per heavy atom.